The maximum atomic E-state index is 10.9. The molecule has 0 fully saturated rings. The Kier molecular flexibility index (Phi) is 3.17. The van der Waals surface area contributed by atoms with Gasteiger partial charge in [0.15, 0.2) is 5.78 Å². The summed E-state index contributed by atoms with van der Waals surface area (Å²) in [6, 6.07) is 7.34. The standard InChI is InChI=1S/C10H14N2O/c1-7(13)9-4-2-8(3-5-9)6-10(11)12/h2-5,10H,6,11-12H2,1H3. The Morgan fingerprint density at radius 1 is 1.31 bits per heavy atom. The highest BCUT2D eigenvalue weighted by Gasteiger charge is 2.00. The van der Waals surface area contributed by atoms with Crippen LogP contribution in [0.4, 0.5) is 0 Å². The number of benzene rings is 1. The van der Waals surface area contributed by atoms with Crippen molar-refractivity contribution >= 4 is 5.78 Å². The van der Waals surface area contributed by atoms with Gasteiger partial charge in [-0.1, -0.05) is 24.3 Å². The van der Waals surface area contributed by atoms with E-state index < -0.39 is 0 Å². The van der Waals surface area contributed by atoms with Crippen molar-refractivity contribution in [3.8, 4) is 0 Å². The van der Waals surface area contributed by atoms with Gasteiger partial charge < -0.3 is 11.5 Å². The molecule has 1 aromatic rings. The van der Waals surface area contributed by atoms with Crippen molar-refractivity contribution in [1.82, 2.24) is 0 Å². The molecule has 0 atom stereocenters. The third-order valence-corrected chi connectivity index (χ3v) is 1.83. The largest absolute Gasteiger partial charge is 0.316 e. The van der Waals surface area contributed by atoms with Gasteiger partial charge in [-0.15, -0.1) is 0 Å². The molecule has 0 heterocycles. The molecule has 3 nitrogen and oxygen atoms in total. The van der Waals surface area contributed by atoms with E-state index in [1.165, 1.54) is 0 Å². The number of hydrogen-bond acceptors (Lipinski definition) is 3. The van der Waals surface area contributed by atoms with Crippen molar-refractivity contribution < 1.29 is 4.79 Å². The number of rotatable bonds is 3. The molecule has 0 bridgehead atoms. The van der Waals surface area contributed by atoms with E-state index in [1.807, 2.05) is 12.1 Å². The van der Waals surface area contributed by atoms with Crippen LogP contribution in [0.3, 0.4) is 0 Å². The lowest BCUT2D eigenvalue weighted by atomic mass is 10.1. The van der Waals surface area contributed by atoms with E-state index in [9.17, 15) is 4.79 Å². The molecule has 0 aromatic heterocycles. The lowest BCUT2D eigenvalue weighted by molar-refractivity contribution is 0.101. The van der Waals surface area contributed by atoms with Crippen LogP contribution in [0.25, 0.3) is 0 Å². The van der Waals surface area contributed by atoms with Crippen molar-refractivity contribution in [2.75, 3.05) is 0 Å². The highest BCUT2D eigenvalue weighted by atomic mass is 16.1. The second kappa shape index (κ2) is 4.16. The van der Waals surface area contributed by atoms with Crippen LogP contribution >= 0.6 is 0 Å². The first kappa shape index (κ1) is 9.89. The number of ketones is 1. The minimum Gasteiger partial charge on any atom is -0.316 e. The van der Waals surface area contributed by atoms with Gasteiger partial charge in [-0.2, -0.15) is 0 Å². The van der Waals surface area contributed by atoms with Gasteiger partial charge in [-0.05, 0) is 12.5 Å². The van der Waals surface area contributed by atoms with Crippen molar-refractivity contribution in [1.29, 1.82) is 0 Å². The first-order valence-electron chi connectivity index (χ1n) is 4.20. The van der Waals surface area contributed by atoms with Crippen LogP contribution in [0.5, 0.6) is 0 Å². The Balaban J connectivity index is 2.75. The average molecular weight is 178 g/mol. The fourth-order valence-corrected chi connectivity index (χ4v) is 1.15. The molecule has 0 radical (unpaired) electrons. The minimum atomic E-state index is -0.330. The van der Waals surface area contributed by atoms with Gasteiger partial charge in [0.1, 0.15) is 0 Å². The van der Waals surface area contributed by atoms with Crippen LogP contribution in [0.1, 0.15) is 22.8 Å². The maximum absolute atomic E-state index is 10.9. The van der Waals surface area contributed by atoms with Gasteiger partial charge in [0.05, 0.1) is 6.17 Å². The van der Waals surface area contributed by atoms with Crippen LogP contribution in [0, 0.1) is 0 Å². The Morgan fingerprint density at radius 2 is 1.85 bits per heavy atom. The molecule has 13 heavy (non-hydrogen) atoms. The summed E-state index contributed by atoms with van der Waals surface area (Å²) < 4.78 is 0. The summed E-state index contributed by atoms with van der Waals surface area (Å²) in [5, 5.41) is 0. The Hall–Kier alpha value is -1.19. The topological polar surface area (TPSA) is 69.1 Å². The summed E-state index contributed by atoms with van der Waals surface area (Å²) in [6.45, 7) is 1.55. The second-order valence-corrected chi connectivity index (χ2v) is 3.12. The lowest BCUT2D eigenvalue weighted by Crippen LogP contribution is -2.32. The molecular weight excluding hydrogens is 164 g/mol. The second-order valence-electron chi connectivity index (χ2n) is 3.12. The van der Waals surface area contributed by atoms with E-state index in [-0.39, 0.29) is 11.9 Å². The quantitative estimate of drug-likeness (QED) is 0.528. The number of hydrogen-bond donors (Lipinski definition) is 2. The summed E-state index contributed by atoms with van der Waals surface area (Å²) in [7, 11) is 0. The Labute approximate surface area is 77.7 Å². The maximum Gasteiger partial charge on any atom is 0.159 e. The third kappa shape index (κ3) is 2.97. The molecule has 4 N–H and O–H groups in total. The number of nitrogens with two attached hydrogens (primary N) is 2. The summed E-state index contributed by atoms with van der Waals surface area (Å²) in [6.07, 6.45) is 0.307. The smallest absolute Gasteiger partial charge is 0.159 e. The molecule has 0 aliphatic rings. The lowest BCUT2D eigenvalue weighted by Gasteiger charge is -2.05. The molecule has 0 aliphatic carbocycles. The Morgan fingerprint density at radius 3 is 2.23 bits per heavy atom. The van der Waals surface area contributed by atoms with Gasteiger partial charge in [0.25, 0.3) is 0 Å². The SMILES string of the molecule is CC(=O)c1ccc(CC(N)N)cc1. The van der Waals surface area contributed by atoms with Crippen LogP contribution < -0.4 is 11.5 Å². The molecule has 0 spiro atoms. The fourth-order valence-electron chi connectivity index (χ4n) is 1.15. The number of Topliss-reactive ketones (excluding diaryl/α,β-unsaturated/α-hetero) is 1. The predicted octanol–water partition coefficient (Wildman–Crippen LogP) is 0.675. The summed E-state index contributed by atoms with van der Waals surface area (Å²) >= 11 is 0. The van der Waals surface area contributed by atoms with Crippen molar-refractivity contribution in [3.63, 3.8) is 0 Å². The average Bonchev–Trinajstić information content (AvgIpc) is 2.04. The van der Waals surface area contributed by atoms with Crippen molar-refractivity contribution in [2.45, 2.75) is 19.5 Å². The normalized spacial score (nSPS) is 10.5. The van der Waals surface area contributed by atoms with Crippen LogP contribution in [0.15, 0.2) is 24.3 Å². The molecule has 0 amide bonds. The summed E-state index contributed by atoms with van der Waals surface area (Å²) in [4.78, 5) is 10.9. The van der Waals surface area contributed by atoms with Gasteiger partial charge in [0, 0.05) is 12.0 Å². The van der Waals surface area contributed by atoms with E-state index in [0.717, 1.165) is 5.56 Å². The highest BCUT2D eigenvalue weighted by molar-refractivity contribution is 5.93. The zero-order valence-electron chi connectivity index (χ0n) is 7.66. The minimum absolute atomic E-state index is 0.0728. The van der Waals surface area contributed by atoms with Gasteiger partial charge in [-0.25, -0.2) is 0 Å². The summed E-state index contributed by atoms with van der Waals surface area (Å²) in [5.41, 5.74) is 12.6. The molecule has 0 saturated heterocycles. The first-order valence-corrected chi connectivity index (χ1v) is 4.20. The van der Waals surface area contributed by atoms with Gasteiger partial charge >= 0.3 is 0 Å². The number of carbonyl (C=O) groups is 1. The summed E-state index contributed by atoms with van der Waals surface area (Å²) in [5.74, 6) is 0.0728. The van der Waals surface area contributed by atoms with E-state index in [4.69, 9.17) is 11.5 Å². The number of carbonyl (C=O) groups excluding carboxylic acids is 1. The molecule has 1 rings (SSSR count). The third-order valence-electron chi connectivity index (χ3n) is 1.83. The van der Waals surface area contributed by atoms with Crippen molar-refractivity contribution in [3.05, 3.63) is 35.4 Å². The first-order chi connectivity index (χ1) is 6.09. The van der Waals surface area contributed by atoms with Crippen LogP contribution in [-0.2, 0) is 6.42 Å². The van der Waals surface area contributed by atoms with Gasteiger partial charge in [0.2, 0.25) is 0 Å². The highest BCUT2D eigenvalue weighted by Crippen LogP contribution is 2.05. The molecule has 0 saturated carbocycles. The fraction of sp³-hybridized carbons (Fsp3) is 0.300. The van der Waals surface area contributed by atoms with E-state index >= 15 is 0 Å². The monoisotopic (exact) mass is 178 g/mol. The van der Waals surface area contributed by atoms with E-state index in [2.05, 4.69) is 0 Å². The molecule has 70 valence electrons. The van der Waals surface area contributed by atoms with Gasteiger partial charge in [-0.3, -0.25) is 4.79 Å². The van der Waals surface area contributed by atoms with Crippen LogP contribution in [0.2, 0.25) is 0 Å². The van der Waals surface area contributed by atoms with E-state index in [1.54, 1.807) is 19.1 Å². The van der Waals surface area contributed by atoms with Crippen molar-refractivity contribution in [2.24, 2.45) is 11.5 Å². The van der Waals surface area contributed by atoms with E-state index in [0.29, 0.717) is 12.0 Å². The zero-order chi connectivity index (χ0) is 9.84. The molecule has 1 aromatic carbocycles. The zero-order valence-corrected chi connectivity index (χ0v) is 7.66. The molecule has 3 heteroatoms. The molecular formula is C10H14N2O. The van der Waals surface area contributed by atoms with Crippen LogP contribution in [-0.4, -0.2) is 11.9 Å². The molecule has 0 aliphatic heterocycles. The molecule has 0 unspecified atom stereocenters. The Bertz CT molecular complexity index is 290. The predicted molar refractivity (Wildman–Crippen MR) is 52.3 cm³/mol.